The van der Waals surface area contributed by atoms with Gasteiger partial charge in [-0.3, -0.25) is 4.79 Å². The summed E-state index contributed by atoms with van der Waals surface area (Å²) in [4.78, 5) is 30.5. The largest absolute Gasteiger partial charge is 0.488 e. The number of aliphatic hydroxyl groups is 1. The highest BCUT2D eigenvalue weighted by Crippen LogP contribution is 2.31. The van der Waals surface area contributed by atoms with Crippen LogP contribution in [0.15, 0.2) is 18.2 Å². The van der Waals surface area contributed by atoms with Gasteiger partial charge in [-0.25, -0.2) is 4.79 Å². The Morgan fingerprint density at radius 2 is 1.79 bits per heavy atom. The normalized spacial score (nSPS) is 24.2. The van der Waals surface area contributed by atoms with E-state index in [0.717, 1.165) is 44.7 Å². The molecule has 3 N–H and O–H groups in total. The van der Waals surface area contributed by atoms with Crippen LogP contribution in [0.3, 0.4) is 0 Å². The Kier molecular flexibility index (Phi) is 10.3. The zero-order chi connectivity index (χ0) is 27.1. The minimum Gasteiger partial charge on any atom is -0.488 e. The first-order chi connectivity index (χ1) is 18.3. The molecule has 212 valence electrons. The summed E-state index contributed by atoms with van der Waals surface area (Å²) >= 11 is 0. The van der Waals surface area contributed by atoms with Crippen molar-refractivity contribution in [1.82, 2.24) is 15.1 Å². The summed E-state index contributed by atoms with van der Waals surface area (Å²) in [5.74, 6) is 1.18. The average molecular weight is 529 g/mol. The van der Waals surface area contributed by atoms with Gasteiger partial charge >= 0.3 is 6.03 Å². The van der Waals surface area contributed by atoms with E-state index in [9.17, 15) is 14.7 Å². The fraction of sp³-hybridized carbons (Fsp3) is 0.733. The summed E-state index contributed by atoms with van der Waals surface area (Å²) in [7, 11) is 2.17. The average Bonchev–Trinajstić information content (AvgIpc) is 2.91. The maximum Gasteiger partial charge on any atom is 0.319 e. The number of ether oxygens (including phenoxy) is 1. The highest BCUT2D eigenvalue weighted by molar-refractivity contribution is 5.99. The molecule has 0 bridgehead atoms. The van der Waals surface area contributed by atoms with Crippen LogP contribution >= 0.6 is 0 Å². The van der Waals surface area contributed by atoms with Crippen LogP contribution in [0.25, 0.3) is 0 Å². The lowest BCUT2D eigenvalue weighted by molar-refractivity contribution is 0.0330. The topological polar surface area (TPSA) is 94.1 Å². The maximum absolute atomic E-state index is 13.7. The lowest BCUT2D eigenvalue weighted by Crippen LogP contribution is -2.50. The monoisotopic (exact) mass is 528 g/mol. The minimum absolute atomic E-state index is 0.0916. The van der Waals surface area contributed by atoms with Crippen LogP contribution < -0.4 is 15.4 Å². The predicted octanol–water partition coefficient (Wildman–Crippen LogP) is 4.87. The van der Waals surface area contributed by atoms with Gasteiger partial charge in [0.15, 0.2) is 0 Å². The van der Waals surface area contributed by atoms with Crippen molar-refractivity contribution in [2.45, 2.75) is 96.2 Å². The first-order valence-electron chi connectivity index (χ1n) is 14.8. The fourth-order valence-corrected chi connectivity index (χ4v) is 6.31. The fourth-order valence-electron chi connectivity index (χ4n) is 6.31. The Morgan fingerprint density at radius 3 is 2.47 bits per heavy atom. The van der Waals surface area contributed by atoms with Crippen LogP contribution in [0.1, 0.15) is 88.4 Å². The van der Waals surface area contributed by atoms with Gasteiger partial charge in [0.05, 0.1) is 18.2 Å². The zero-order valence-corrected chi connectivity index (χ0v) is 23.6. The molecule has 0 aromatic heterocycles. The Bertz CT molecular complexity index is 929. The molecule has 2 aliphatic carbocycles. The molecule has 2 fully saturated rings. The Balaban J connectivity index is 1.50. The Morgan fingerprint density at radius 1 is 1.11 bits per heavy atom. The third kappa shape index (κ3) is 7.63. The Hall–Kier alpha value is -2.32. The van der Waals surface area contributed by atoms with E-state index in [2.05, 4.69) is 29.5 Å². The van der Waals surface area contributed by atoms with E-state index in [-0.39, 0.29) is 42.7 Å². The molecule has 1 heterocycles. The SMILES string of the molecule is C[C@H](CO)N1C[C@H](C)[C@H](CN(C)CC2CCCCC2)Oc2ccc(NC(=O)NC3CCCCC3)cc2C1=O. The zero-order valence-electron chi connectivity index (χ0n) is 23.6. The second kappa shape index (κ2) is 13.7. The minimum atomic E-state index is -0.317. The molecule has 3 aliphatic rings. The number of carbonyl (C=O) groups excluding carboxylic acids is 2. The number of hydrogen-bond donors (Lipinski definition) is 3. The number of anilines is 1. The van der Waals surface area contributed by atoms with Crippen molar-refractivity contribution in [3.63, 3.8) is 0 Å². The van der Waals surface area contributed by atoms with E-state index in [1.807, 2.05) is 6.92 Å². The molecule has 2 saturated carbocycles. The van der Waals surface area contributed by atoms with Crippen molar-refractivity contribution in [3.05, 3.63) is 23.8 Å². The number of fused-ring (bicyclic) bond motifs is 1. The highest BCUT2D eigenvalue weighted by Gasteiger charge is 2.34. The standard InChI is InChI=1S/C30H48N4O4/c1-21-17-34(22(2)20-35)29(36)26-16-25(32-30(37)31-24-12-8-5-9-13-24)14-15-27(26)38-28(21)19-33(3)18-23-10-6-4-7-11-23/h14-16,21-24,28,35H,4-13,17-20H2,1-3H3,(H2,31,32,37)/t21-,22+,28-/m0/s1. The molecule has 38 heavy (non-hydrogen) atoms. The van der Waals surface area contributed by atoms with E-state index in [1.54, 1.807) is 23.1 Å². The van der Waals surface area contributed by atoms with Gasteiger partial charge in [0.2, 0.25) is 0 Å². The lowest BCUT2D eigenvalue weighted by atomic mass is 9.89. The molecule has 0 unspecified atom stereocenters. The molecule has 1 aromatic carbocycles. The van der Waals surface area contributed by atoms with Crippen molar-refractivity contribution in [2.75, 3.05) is 38.6 Å². The third-order valence-corrected chi connectivity index (χ3v) is 8.65. The van der Waals surface area contributed by atoms with Crippen LogP contribution in [0, 0.1) is 11.8 Å². The molecule has 1 aliphatic heterocycles. The van der Waals surface area contributed by atoms with Crippen molar-refractivity contribution in [2.24, 2.45) is 11.8 Å². The molecule has 0 saturated heterocycles. The van der Waals surface area contributed by atoms with Gasteiger partial charge < -0.3 is 30.3 Å². The summed E-state index contributed by atoms with van der Waals surface area (Å²) in [6, 6.07) is 4.97. The van der Waals surface area contributed by atoms with Gasteiger partial charge in [0, 0.05) is 37.3 Å². The van der Waals surface area contributed by atoms with Crippen molar-refractivity contribution < 1.29 is 19.4 Å². The summed E-state index contributed by atoms with van der Waals surface area (Å²) in [5, 5.41) is 15.9. The Labute approximate surface area is 228 Å². The molecule has 3 atom stereocenters. The summed E-state index contributed by atoms with van der Waals surface area (Å²) < 4.78 is 6.54. The van der Waals surface area contributed by atoms with Gasteiger partial charge in [-0.2, -0.15) is 0 Å². The summed E-state index contributed by atoms with van der Waals surface area (Å²) in [6.07, 6.45) is 12.0. The molecular formula is C30H48N4O4. The van der Waals surface area contributed by atoms with E-state index in [1.165, 1.54) is 38.5 Å². The number of amides is 3. The molecule has 1 aromatic rings. The van der Waals surface area contributed by atoms with E-state index < -0.39 is 0 Å². The number of rotatable bonds is 8. The van der Waals surface area contributed by atoms with Gasteiger partial charge in [-0.15, -0.1) is 0 Å². The number of nitrogens with zero attached hydrogens (tertiary/aromatic N) is 2. The van der Waals surface area contributed by atoms with Gasteiger partial charge in [-0.1, -0.05) is 45.4 Å². The number of aliphatic hydroxyl groups excluding tert-OH is 1. The number of nitrogens with one attached hydrogen (secondary N) is 2. The van der Waals surface area contributed by atoms with Crippen LogP contribution in [0.2, 0.25) is 0 Å². The number of likely N-dealkylation sites (N-methyl/N-ethyl adjacent to an activating group) is 1. The molecule has 8 nitrogen and oxygen atoms in total. The first-order valence-corrected chi connectivity index (χ1v) is 14.8. The molecule has 0 spiro atoms. The first kappa shape index (κ1) is 28.7. The van der Waals surface area contributed by atoms with Crippen molar-refractivity contribution in [3.8, 4) is 5.75 Å². The molecule has 0 radical (unpaired) electrons. The van der Waals surface area contributed by atoms with Gasteiger partial charge in [0.1, 0.15) is 11.9 Å². The van der Waals surface area contributed by atoms with E-state index >= 15 is 0 Å². The van der Waals surface area contributed by atoms with Crippen LogP contribution in [0.5, 0.6) is 5.75 Å². The van der Waals surface area contributed by atoms with Crippen LogP contribution in [0.4, 0.5) is 10.5 Å². The molecule has 8 heteroatoms. The predicted molar refractivity (Wildman–Crippen MR) is 151 cm³/mol. The number of hydrogen-bond acceptors (Lipinski definition) is 5. The smallest absolute Gasteiger partial charge is 0.319 e. The number of urea groups is 1. The summed E-state index contributed by atoms with van der Waals surface area (Å²) in [5.41, 5.74) is 0.984. The number of benzene rings is 1. The lowest BCUT2D eigenvalue weighted by Gasteiger charge is -2.38. The quantitative estimate of drug-likeness (QED) is 0.447. The second-order valence-electron chi connectivity index (χ2n) is 12.0. The maximum atomic E-state index is 13.7. The van der Waals surface area contributed by atoms with Crippen LogP contribution in [-0.4, -0.2) is 78.3 Å². The highest BCUT2D eigenvalue weighted by atomic mass is 16.5. The molecule has 3 amide bonds. The number of carbonyl (C=O) groups is 2. The van der Waals surface area contributed by atoms with Gasteiger partial charge in [0.25, 0.3) is 5.91 Å². The molecule has 4 rings (SSSR count). The van der Waals surface area contributed by atoms with Crippen molar-refractivity contribution >= 4 is 17.6 Å². The third-order valence-electron chi connectivity index (χ3n) is 8.65. The van der Waals surface area contributed by atoms with Crippen LogP contribution in [-0.2, 0) is 0 Å². The second-order valence-corrected chi connectivity index (χ2v) is 12.0. The van der Waals surface area contributed by atoms with E-state index in [4.69, 9.17) is 4.74 Å². The van der Waals surface area contributed by atoms with Gasteiger partial charge in [-0.05, 0) is 63.8 Å². The summed E-state index contributed by atoms with van der Waals surface area (Å²) in [6.45, 7) is 6.23. The molecular weight excluding hydrogens is 480 g/mol. The van der Waals surface area contributed by atoms with E-state index in [0.29, 0.717) is 23.5 Å². The van der Waals surface area contributed by atoms with Crippen molar-refractivity contribution in [1.29, 1.82) is 0 Å².